The highest BCUT2D eigenvalue weighted by Crippen LogP contribution is 2.27. The molecular weight excluding hydrogens is 248 g/mol. The molecule has 2 rings (SSSR count). The molecule has 1 atom stereocenters. The smallest absolute Gasteiger partial charge is 0.218 e. The first-order valence-electron chi connectivity index (χ1n) is 7.21. The van der Waals surface area contributed by atoms with Gasteiger partial charge in [-0.1, -0.05) is 13.8 Å². The van der Waals surface area contributed by atoms with Gasteiger partial charge >= 0.3 is 0 Å². The van der Waals surface area contributed by atoms with E-state index in [0.29, 0.717) is 18.4 Å². The molecule has 0 amide bonds. The molecule has 4 nitrogen and oxygen atoms in total. The Labute approximate surface area is 111 Å². The lowest BCUT2D eigenvalue weighted by atomic mass is 9.87. The lowest BCUT2D eigenvalue weighted by Crippen LogP contribution is -2.48. The maximum Gasteiger partial charge on any atom is 0.218 e. The minimum Gasteiger partial charge on any atom is -0.315 e. The number of piperidine rings is 2. The average molecular weight is 274 g/mol. The van der Waals surface area contributed by atoms with Gasteiger partial charge in [-0.3, -0.25) is 0 Å². The molecule has 5 heteroatoms. The topological polar surface area (TPSA) is 49.4 Å². The van der Waals surface area contributed by atoms with Gasteiger partial charge in [0.1, 0.15) is 0 Å². The van der Waals surface area contributed by atoms with Crippen LogP contribution in [-0.4, -0.2) is 44.2 Å². The molecule has 106 valence electrons. The summed E-state index contributed by atoms with van der Waals surface area (Å²) in [4.78, 5) is 0. The van der Waals surface area contributed by atoms with Crippen molar-refractivity contribution in [2.45, 2.75) is 44.8 Å². The van der Waals surface area contributed by atoms with Crippen LogP contribution in [-0.2, 0) is 10.0 Å². The fourth-order valence-electron chi connectivity index (χ4n) is 3.08. The fourth-order valence-corrected chi connectivity index (χ4v) is 5.02. The maximum atomic E-state index is 12.5. The second kappa shape index (κ2) is 5.88. The van der Waals surface area contributed by atoms with Crippen molar-refractivity contribution in [3.8, 4) is 0 Å². The Kier molecular flexibility index (Phi) is 4.67. The molecule has 0 aromatic heterocycles. The van der Waals surface area contributed by atoms with Crippen molar-refractivity contribution < 1.29 is 8.42 Å². The molecule has 0 saturated carbocycles. The Balaban J connectivity index is 1.95. The third kappa shape index (κ3) is 3.06. The molecule has 2 aliphatic rings. The van der Waals surface area contributed by atoms with Crippen LogP contribution in [0.4, 0.5) is 0 Å². The van der Waals surface area contributed by atoms with Gasteiger partial charge in [0.2, 0.25) is 10.0 Å². The Hall–Kier alpha value is -0.130. The molecule has 0 aliphatic carbocycles. The van der Waals surface area contributed by atoms with Crippen molar-refractivity contribution in [1.82, 2.24) is 9.62 Å². The molecule has 18 heavy (non-hydrogen) atoms. The van der Waals surface area contributed by atoms with E-state index >= 15 is 0 Å². The minimum absolute atomic E-state index is 0.193. The zero-order valence-corrected chi connectivity index (χ0v) is 12.4. The molecule has 2 heterocycles. The molecule has 0 spiro atoms. The van der Waals surface area contributed by atoms with Crippen LogP contribution in [0.25, 0.3) is 0 Å². The molecule has 0 radical (unpaired) electrons. The lowest BCUT2D eigenvalue weighted by Gasteiger charge is -2.36. The van der Waals surface area contributed by atoms with E-state index in [1.807, 2.05) is 0 Å². The van der Waals surface area contributed by atoms with Crippen molar-refractivity contribution in [2.24, 2.45) is 11.8 Å². The molecule has 0 aromatic carbocycles. The van der Waals surface area contributed by atoms with Crippen molar-refractivity contribution in [3.05, 3.63) is 0 Å². The van der Waals surface area contributed by atoms with Crippen molar-refractivity contribution in [1.29, 1.82) is 0 Å². The monoisotopic (exact) mass is 274 g/mol. The first-order valence-corrected chi connectivity index (χ1v) is 8.72. The summed E-state index contributed by atoms with van der Waals surface area (Å²) < 4.78 is 26.7. The predicted molar refractivity (Wildman–Crippen MR) is 73.9 cm³/mol. The van der Waals surface area contributed by atoms with Crippen molar-refractivity contribution in [3.63, 3.8) is 0 Å². The van der Waals surface area contributed by atoms with Gasteiger partial charge in [0, 0.05) is 19.6 Å². The standard InChI is InChI=1S/C13H26N2O2S/c1-11(2)12-5-8-15(9-6-12)18(16,17)13-4-3-7-14-10-13/h11-14H,3-10H2,1-2H3. The molecule has 0 aromatic rings. The van der Waals surface area contributed by atoms with Crippen LogP contribution in [0.15, 0.2) is 0 Å². The highest BCUT2D eigenvalue weighted by Gasteiger charge is 2.35. The first-order chi connectivity index (χ1) is 8.51. The predicted octanol–water partition coefficient (Wildman–Crippen LogP) is 1.44. The van der Waals surface area contributed by atoms with Crippen LogP contribution < -0.4 is 5.32 Å². The summed E-state index contributed by atoms with van der Waals surface area (Å²) >= 11 is 0. The number of hydrogen-bond acceptors (Lipinski definition) is 3. The van der Waals surface area contributed by atoms with Gasteiger partial charge < -0.3 is 5.32 Å². The number of rotatable bonds is 3. The van der Waals surface area contributed by atoms with E-state index in [-0.39, 0.29) is 5.25 Å². The molecule has 0 bridgehead atoms. The average Bonchev–Trinajstić information content (AvgIpc) is 2.40. The second-order valence-corrected chi connectivity index (χ2v) is 8.21. The van der Waals surface area contributed by atoms with Crippen LogP contribution in [0.5, 0.6) is 0 Å². The molecule has 2 saturated heterocycles. The Morgan fingerprint density at radius 2 is 1.83 bits per heavy atom. The summed E-state index contributed by atoms with van der Waals surface area (Å²) in [7, 11) is -3.06. The molecule has 2 aliphatic heterocycles. The van der Waals surface area contributed by atoms with Crippen LogP contribution in [0.2, 0.25) is 0 Å². The second-order valence-electron chi connectivity index (χ2n) is 5.99. The van der Waals surface area contributed by atoms with E-state index in [0.717, 1.165) is 45.3 Å². The zero-order valence-electron chi connectivity index (χ0n) is 11.6. The SMILES string of the molecule is CC(C)C1CCN(S(=O)(=O)C2CCCNC2)CC1. The normalized spacial score (nSPS) is 28.7. The fraction of sp³-hybridized carbons (Fsp3) is 1.00. The summed E-state index contributed by atoms with van der Waals surface area (Å²) in [6, 6.07) is 0. The quantitative estimate of drug-likeness (QED) is 0.847. The number of nitrogens with zero attached hydrogens (tertiary/aromatic N) is 1. The third-order valence-electron chi connectivity index (χ3n) is 4.47. The van der Waals surface area contributed by atoms with Gasteiger partial charge in [-0.05, 0) is 44.1 Å². The van der Waals surface area contributed by atoms with Gasteiger partial charge in [-0.25, -0.2) is 12.7 Å². The van der Waals surface area contributed by atoms with Gasteiger partial charge in [-0.15, -0.1) is 0 Å². The van der Waals surface area contributed by atoms with Gasteiger partial charge in [0.05, 0.1) is 5.25 Å². The van der Waals surface area contributed by atoms with Crippen LogP contribution >= 0.6 is 0 Å². The van der Waals surface area contributed by atoms with E-state index in [2.05, 4.69) is 19.2 Å². The van der Waals surface area contributed by atoms with Crippen LogP contribution in [0.3, 0.4) is 0 Å². The van der Waals surface area contributed by atoms with Crippen LogP contribution in [0.1, 0.15) is 39.5 Å². The van der Waals surface area contributed by atoms with Gasteiger partial charge in [-0.2, -0.15) is 0 Å². The summed E-state index contributed by atoms with van der Waals surface area (Å²) in [6.07, 6.45) is 3.85. The summed E-state index contributed by atoms with van der Waals surface area (Å²) in [6.45, 7) is 7.51. The number of nitrogens with one attached hydrogen (secondary N) is 1. The van der Waals surface area contributed by atoms with E-state index < -0.39 is 10.0 Å². The number of sulfonamides is 1. The van der Waals surface area contributed by atoms with E-state index in [1.54, 1.807) is 4.31 Å². The minimum atomic E-state index is -3.06. The first kappa shape index (κ1) is 14.3. The van der Waals surface area contributed by atoms with E-state index in [4.69, 9.17) is 0 Å². The summed E-state index contributed by atoms with van der Waals surface area (Å²) in [5, 5.41) is 3.01. The molecule has 2 fully saturated rings. The molecular formula is C13H26N2O2S. The third-order valence-corrected chi connectivity index (χ3v) is 6.80. The highest BCUT2D eigenvalue weighted by molar-refractivity contribution is 7.89. The maximum absolute atomic E-state index is 12.5. The molecule has 1 N–H and O–H groups in total. The summed E-state index contributed by atoms with van der Waals surface area (Å²) in [5.74, 6) is 1.37. The van der Waals surface area contributed by atoms with Gasteiger partial charge in [0.25, 0.3) is 0 Å². The van der Waals surface area contributed by atoms with Gasteiger partial charge in [0.15, 0.2) is 0 Å². The Morgan fingerprint density at radius 1 is 1.17 bits per heavy atom. The number of hydrogen-bond donors (Lipinski definition) is 1. The molecule has 1 unspecified atom stereocenters. The van der Waals surface area contributed by atoms with Crippen molar-refractivity contribution in [2.75, 3.05) is 26.2 Å². The van der Waals surface area contributed by atoms with E-state index in [9.17, 15) is 8.42 Å². The largest absolute Gasteiger partial charge is 0.315 e. The lowest BCUT2D eigenvalue weighted by molar-refractivity contribution is 0.224. The summed E-state index contributed by atoms with van der Waals surface area (Å²) in [5.41, 5.74) is 0. The highest BCUT2D eigenvalue weighted by atomic mass is 32.2. The van der Waals surface area contributed by atoms with Crippen LogP contribution in [0, 0.1) is 11.8 Å². The Bertz CT molecular complexity index is 353. The zero-order chi connectivity index (χ0) is 13.2. The van der Waals surface area contributed by atoms with E-state index in [1.165, 1.54) is 0 Å². The van der Waals surface area contributed by atoms with Crippen molar-refractivity contribution >= 4 is 10.0 Å². The Morgan fingerprint density at radius 3 is 2.33 bits per heavy atom.